The molecule has 5 heteroatoms. The zero-order chi connectivity index (χ0) is 12.0. The Morgan fingerprint density at radius 1 is 1.56 bits per heavy atom. The van der Waals surface area contributed by atoms with Gasteiger partial charge in [0.05, 0.1) is 19.1 Å². The van der Waals surface area contributed by atoms with Gasteiger partial charge in [-0.3, -0.25) is 4.79 Å². The second-order valence-electron chi connectivity index (χ2n) is 4.25. The average molecular weight is 230 g/mol. The molecule has 1 fully saturated rings. The van der Waals surface area contributed by atoms with Gasteiger partial charge < -0.3 is 20.1 Å². The van der Waals surface area contributed by atoms with Crippen LogP contribution in [0.2, 0.25) is 0 Å². The van der Waals surface area contributed by atoms with Crippen LogP contribution in [0.15, 0.2) is 0 Å². The molecule has 1 aliphatic heterocycles. The molecule has 1 amide bonds. The van der Waals surface area contributed by atoms with E-state index in [1.54, 1.807) is 14.2 Å². The summed E-state index contributed by atoms with van der Waals surface area (Å²) in [5, 5.41) is 0. The van der Waals surface area contributed by atoms with Gasteiger partial charge in [-0.25, -0.2) is 0 Å². The lowest BCUT2D eigenvalue weighted by molar-refractivity contribution is -0.132. The van der Waals surface area contributed by atoms with Crippen LogP contribution in [-0.4, -0.2) is 57.4 Å². The number of carbonyl (C=O) groups excluding carboxylic acids is 1. The third-order valence-corrected chi connectivity index (χ3v) is 3.04. The molecule has 0 saturated carbocycles. The second-order valence-corrected chi connectivity index (χ2v) is 4.25. The van der Waals surface area contributed by atoms with E-state index in [1.807, 2.05) is 4.90 Å². The van der Waals surface area contributed by atoms with Crippen molar-refractivity contribution in [2.75, 3.05) is 40.5 Å². The summed E-state index contributed by atoms with van der Waals surface area (Å²) in [6.45, 7) is 2.74. The summed E-state index contributed by atoms with van der Waals surface area (Å²) in [5.41, 5.74) is 5.49. The van der Waals surface area contributed by atoms with Crippen molar-refractivity contribution in [1.29, 1.82) is 0 Å². The minimum absolute atomic E-state index is 0.135. The molecule has 1 heterocycles. The number of amides is 1. The smallest absolute Gasteiger partial charge is 0.225 e. The van der Waals surface area contributed by atoms with Crippen LogP contribution in [-0.2, 0) is 14.3 Å². The van der Waals surface area contributed by atoms with Crippen LogP contribution < -0.4 is 5.73 Å². The molecule has 0 aliphatic carbocycles. The van der Waals surface area contributed by atoms with E-state index in [2.05, 4.69) is 0 Å². The fourth-order valence-electron chi connectivity index (χ4n) is 2.02. The van der Waals surface area contributed by atoms with Crippen molar-refractivity contribution in [3.63, 3.8) is 0 Å². The zero-order valence-electron chi connectivity index (χ0n) is 10.1. The molecule has 2 N–H and O–H groups in total. The van der Waals surface area contributed by atoms with E-state index in [4.69, 9.17) is 15.2 Å². The van der Waals surface area contributed by atoms with Crippen molar-refractivity contribution in [2.24, 2.45) is 11.7 Å². The molecular formula is C11H22N2O3. The lowest BCUT2D eigenvalue weighted by Crippen LogP contribution is -2.35. The highest BCUT2D eigenvalue weighted by molar-refractivity contribution is 5.77. The molecule has 0 bridgehead atoms. The molecule has 1 saturated heterocycles. The molecule has 0 spiro atoms. The van der Waals surface area contributed by atoms with Crippen LogP contribution in [0, 0.1) is 5.92 Å². The average Bonchev–Trinajstić information content (AvgIpc) is 2.74. The third-order valence-electron chi connectivity index (χ3n) is 3.04. The quantitative estimate of drug-likeness (QED) is 0.689. The first-order chi connectivity index (χ1) is 7.71. The van der Waals surface area contributed by atoms with E-state index in [0.29, 0.717) is 18.9 Å². The lowest BCUT2D eigenvalue weighted by Gasteiger charge is -2.19. The Morgan fingerprint density at radius 2 is 2.31 bits per heavy atom. The number of carbonyl (C=O) groups is 1. The van der Waals surface area contributed by atoms with E-state index in [-0.39, 0.29) is 12.0 Å². The minimum atomic E-state index is -0.158. The molecule has 94 valence electrons. The standard InChI is InChI=1S/C11H22N2O3/c1-15-8-9-3-4-13(7-9)11(14)5-10(6-12)16-2/h9-10H,3-8,12H2,1-2H3. The second kappa shape index (κ2) is 6.83. The van der Waals surface area contributed by atoms with Crippen LogP contribution in [0.3, 0.4) is 0 Å². The molecule has 0 aromatic rings. The molecule has 2 unspecified atom stereocenters. The van der Waals surface area contributed by atoms with Crippen molar-refractivity contribution in [3.8, 4) is 0 Å². The monoisotopic (exact) mass is 230 g/mol. The maximum Gasteiger partial charge on any atom is 0.225 e. The van der Waals surface area contributed by atoms with Gasteiger partial charge in [0, 0.05) is 39.8 Å². The Hall–Kier alpha value is -0.650. The van der Waals surface area contributed by atoms with Crippen LogP contribution in [0.25, 0.3) is 0 Å². The number of likely N-dealkylation sites (tertiary alicyclic amines) is 1. The third kappa shape index (κ3) is 3.73. The summed E-state index contributed by atoms with van der Waals surface area (Å²) in [6.07, 6.45) is 1.25. The van der Waals surface area contributed by atoms with Crippen molar-refractivity contribution in [1.82, 2.24) is 4.90 Å². The highest BCUT2D eigenvalue weighted by Gasteiger charge is 2.27. The number of nitrogens with two attached hydrogens (primary N) is 1. The highest BCUT2D eigenvalue weighted by Crippen LogP contribution is 2.17. The van der Waals surface area contributed by atoms with Gasteiger partial charge in [-0.15, -0.1) is 0 Å². The van der Waals surface area contributed by atoms with Gasteiger partial charge in [0.15, 0.2) is 0 Å². The van der Waals surface area contributed by atoms with Crippen molar-refractivity contribution < 1.29 is 14.3 Å². The summed E-state index contributed by atoms with van der Waals surface area (Å²) in [4.78, 5) is 13.8. The first kappa shape index (κ1) is 13.4. The number of hydrogen-bond acceptors (Lipinski definition) is 4. The van der Waals surface area contributed by atoms with E-state index in [9.17, 15) is 4.79 Å². The van der Waals surface area contributed by atoms with Gasteiger partial charge in [-0.2, -0.15) is 0 Å². The molecule has 0 aromatic carbocycles. The first-order valence-electron chi connectivity index (χ1n) is 5.70. The van der Waals surface area contributed by atoms with E-state index in [0.717, 1.165) is 26.1 Å². The molecule has 0 radical (unpaired) electrons. The summed E-state index contributed by atoms with van der Waals surface area (Å²) in [7, 11) is 3.28. The Kier molecular flexibility index (Phi) is 5.73. The fourth-order valence-corrected chi connectivity index (χ4v) is 2.02. The van der Waals surface area contributed by atoms with E-state index in [1.165, 1.54) is 0 Å². The largest absolute Gasteiger partial charge is 0.384 e. The Morgan fingerprint density at radius 3 is 2.88 bits per heavy atom. The number of methoxy groups -OCH3 is 2. The Balaban J connectivity index is 2.33. The predicted molar refractivity (Wildman–Crippen MR) is 61.0 cm³/mol. The number of hydrogen-bond donors (Lipinski definition) is 1. The topological polar surface area (TPSA) is 64.8 Å². The number of ether oxygens (including phenoxy) is 2. The van der Waals surface area contributed by atoms with Gasteiger partial charge in [0.1, 0.15) is 0 Å². The maximum atomic E-state index is 11.9. The van der Waals surface area contributed by atoms with E-state index < -0.39 is 0 Å². The van der Waals surface area contributed by atoms with Crippen LogP contribution in [0.4, 0.5) is 0 Å². The number of nitrogens with zero attached hydrogens (tertiary/aromatic N) is 1. The van der Waals surface area contributed by atoms with Gasteiger partial charge in [0.25, 0.3) is 0 Å². The molecule has 5 nitrogen and oxygen atoms in total. The van der Waals surface area contributed by atoms with Crippen LogP contribution in [0.1, 0.15) is 12.8 Å². The summed E-state index contributed by atoms with van der Waals surface area (Å²) >= 11 is 0. The number of rotatable bonds is 6. The van der Waals surface area contributed by atoms with Crippen LogP contribution >= 0.6 is 0 Å². The molecule has 2 atom stereocenters. The van der Waals surface area contributed by atoms with Crippen molar-refractivity contribution in [3.05, 3.63) is 0 Å². The summed E-state index contributed by atoms with van der Waals surface area (Å²) < 4.78 is 10.2. The Labute approximate surface area is 96.9 Å². The van der Waals surface area contributed by atoms with Crippen molar-refractivity contribution in [2.45, 2.75) is 18.9 Å². The van der Waals surface area contributed by atoms with Gasteiger partial charge in [0.2, 0.25) is 5.91 Å². The molecular weight excluding hydrogens is 208 g/mol. The minimum Gasteiger partial charge on any atom is -0.384 e. The zero-order valence-corrected chi connectivity index (χ0v) is 10.1. The summed E-state index contributed by atoms with van der Waals surface area (Å²) in [5.74, 6) is 0.615. The first-order valence-corrected chi connectivity index (χ1v) is 5.70. The molecule has 0 aromatic heterocycles. The molecule has 1 aliphatic rings. The predicted octanol–water partition coefficient (Wildman–Crippen LogP) is -0.155. The van der Waals surface area contributed by atoms with E-state index >= 15 is 0 Å². The SMILES string of the molecule is COCC1CCN(C(=O)CC(CN)OC)C1. The van der Waals surface area contributed by atoms with Crippen molar-refractivity contribution >= 4 is 5.91 Å². The lowest BCUT2D eigenvalue weighted by atomic mass is 10.1. The Bertz CT molecular complexity index is 219. The summed E-state index contributed by atoms with van der Waals surface area (Å²) in [6, 6.07) is 0. The van der Waals surface area contributed by atoms with Gasteiger partial charge >= 0.3 is 0 Å². The normalized spacial score (nSPS) is 22.4. The molecule has 1 rings (SSSR count). The highest BCUT2D eigenvalue weighted by atomic mass is 16.5. The molecule has 16 heavy (non-hydrogen) atoms. The van der Waals surface area contributed by atoms with Gasteiger partial charge in [-0.1, -0.05) is 0 Å². The van der Waals surface area contributed by atoms with Gasteiger partial charge in [-0.05, 0) is 6.42 Å². The van der Waals surface area contributed by atoms with Crippen LogP contribution in [0.5, 0.6) is 0 Å². The fraction of sp³-hybridized carbons (Fsp3) is 0.909. The maximum absolute atomic E-state index is 11.9.